The van der Waals surface area contributed by atoms with Crippen LogP contribution < -0.4 is 5.32 Å². The molecule has 114 valence electrons. The minimum Gasteiger partial charge on any atom is -0.383 e. The van der Waals surface area contributed by atoms with Gasteiger partial charge >= 0.3 is 0 Å². The van der Waals surface area contributed by atoms with Crippen LogP contribution in [0.1, 0.15) is 40.0 Å². The van der Waals surface area contributed by atoms with Gasteiger partial charge < -0.3 is 15.0 Å². The van der Waals surface area contributed by atoms with Gasteiger partial charge in [-0.3, -0.25) is 0 Å². The lowest BCUT2D eigenvalue weighted by Crippen LogP contribution is -2.36. The van der Waals surface area contributed by atoms with E-state index >= 15 is 0 Å². The lowest BCUT2D eigenvalue weighted by atomic mass is 9.85. The topological polar surface area (TPSA) is 24.5 Å². The number of rotatable bonds is 9. The fourth-order valence-corrected chi connectivity index (χ4v) is 3.02. The molecule has 0 radical (unpaired) electrons. The van der Waals surface area contributed by atoms with Gasteiger partial charge in [-0.15, -0.1) is 0 Å². The van der Waals surface area contributed by atoms with E-state index < -0.39 is 0 Å². The summed E-state index contributed by atoms with van der Waals surface area (Å²) in [5, 5.41) is 3.54. The molecular formula is C16H34N2O. The van der Waals surface area contributed by atoms with E-state index in [2.05, 4.69) is 31.0 Å². The van der Waals surface area contributed by atoms with Gasteiger partial charge in [0.15, 0.2) is 0 Å². The maximum absolute atomic E-state index is 5.23. The highest BCUT2D eigenvalue weighted by Crippen LogP contribution is 2.22. The summed E-state index contributed by atoms with van der Waals surface area (Å²) in [6.07, 6.45) is 4.09. The molecule has 0 aromatic carbocycles. The van der Waals surface area contributed by atoms with Crippen molar-refractivity contribution < 1.29 is 4.74 Å². The van der Waals surface area contributed by atoms with Gasteiger partial charge in [0.25, 0.3) is 0 Å². The second-order valence-corrected chi connectivity index (χ2v) is 6.56. The van der Waals surface area contributed by atoms with Crippen molar-refractivity contribution in [1.82, 2.24) is 10.2 Å². The molecule has 2 unspecified atom stereocenters. The van der Waals surface area contributed by atoms with Crippen molar-refractivity contribution in [3.05, 3.63) is 0 Å². The molecule has 0 saturated carbocycles. The van der Waals surface area contributed by atoms with E-state index in [0.717, 1.165) is 30.9 Å². The summed E-state index contributed by atoms with van der Waals surface area (Å²) in [6.45, 7) is 13.8. The van der Waals surface area contributed by atoms with Crippen LogP contribution in [0.2, 0.25) is 0 Å². The van der Waals surface area contributed by atoms with Crippen LogP contribution in [0.25, 0.3) is 0 Å². The Kier molecular flexibility index (Phi) is 8.67. The number of methoxy groups -OCH3 is 1. The van der Waals surface area contributed by atoms with Crippen LogP contribution in [0, 0.1) is 17.8 Å². The van der Waals surface area contributed by atoms with Crippen molar-refractivity contribution in [1.29, 1.82) is 0 Å². The lowest BCUT2D eigenvalue weighted by molar-refractivity contribution is 0.131. The summed E-state index contributed by atoms with van der Waals surface area (Å²) in [7, 11) is 1.80. The van der Waals surface area contributed by atoms with Gasteiger partial charge in [0.1, 0.15) is 0 Å². The summed E-state index contributed by atoms with van der Waals surface area (Å²) < 4.78 is 5.23. The first kappa shape index (κ1) is 16.9. The van der Waals surface area contributed by atoms with Gasteiger partial charge in [-0.2, -0.15) is 0 Å². The fourth-order valence-electron chi connectivity index (χ4n) is 3.02. The normalized spacial score (nSPS) is 22.1. The molecule has 0 aromatic heterocycles. The summed E-state index contributed by atoms with van der Waals surface area (Å²) in [6, 6.07) is 0. The standard InChI is InChI=1S/C16H34N2O/c1-14(2)13-18(10-11-19-4)9-7-15(3)16-6-5-8-17-12-16/h14-17H,5-13H2,1-4H3. The maximum atomic E-state index is 5.23. The predicted molar refractivity (Wildman–Crippen MR) is 82.5 cm³/mol. The Balaban J connectivity index is 2.27. The van der Waals surface area contributed by atoms with Crippen LogP contribution in [0.5, 0.6) is 0 Å². The largest absolute Gasteiger partial charge is 0.383 e. The molecule has 0 bridgehead atoms. The monoisotopic (exact) mass is 270 g/mol. The molecule has 19 heavy (non-hydrogen) atoms. The van der Waals surface area contributed by atoms with Crippen LogP contribution in [0.4, 0.5) is 0 Å². The molecule has 3 heteroatoms. The van der Waals surface area contributed by atoms with Crippen molar-refractivity contribution in [3.63, 3.8) is 0 Å². The van der Waals surface area contributed by atoms with Crippen molar-refractivity contribution in [2.75, 3.05) is 46.4 Å². The van der Waals surface area contributed by atoms with Crippen LogP contribution in [-0.4, -0.2) is 51.3 Å². The molecule has 1 heterocycles. The quantitative estimate of drug-likeness (QED) is 0.697. The van der Waals surface area contributed by atoms with E-state index in [-0.39, 0.29) is 0 Å². The number of nitrogens with one attached hydrogen (secondary N) is 1. The summed E-state index contributed by atoms with van der Waals surface area (Å²) in [4.78, 5) is 2.57. The van der Waals surface area contributed by atoms with E-state index in [1.54, 1.807) is 7.11 Å². The maximum Gasteiger partial charge on any atom is 0.0589 e. The highest BCUT2D eigenvalue weighted by atomic mass is 16.5. The van der Waals surface area contributed by atoms with Gasteiger partial charge in [-0.25, -0.2) is 0 Å². The van der Waals surface area contributed by atoms with Crippen LogP contribution in [0.3, 0.4) is 0 Å². The smallest absolute Gasteiger partial charge is 0.0589 e. The van der Waals surface area contributed by atoms with E-state index in [0.29, 0.717) is 0 Å². The molecule has 0 spiro atoms. The average molecular weight is 270 g/mol. The fraction of sp³-hybridized carbons (Fsp3) is 1.00. The number of ether oxygens (including phenoxy) is 1. The average Bonchev–Trinajstić information content (AvgIpc) is 2.42. The highest BCUT2D eigenvalue weighted by molar-refractivity contribution is 4.75. The molecule has 0 aromatic rings. The molecule has 1 aliphatic heterocycles. The van der Waals surface area contributed by atoms with E-state index in [1.165, 1.54) is 45.4 Å². The molecule has 2 atom stereocenters. The third-order valence-corrected chi connectivity index (χ3v) is 4.28. The summed E-state index contributed by atoms with van der Waals surface area (Å²) >= 11 is 0. The molecule has 0 amide bonds. The first-order valence-corrected chi connectivity index (χ1v) is 8.05. The Morgan fingerprint density at radius 3 is 2.63 bits per heavy atom. The number of hydrogen-bond acceptors (Lipinski definition) is 3. The third-order valence-electron chi connectivity index (χ3n) is 4.28. The van der Waals surface area contributed by atoms with Crippen molar-refractivity contribution >= 4 is 0 Å². The zero-order valence-electron chi connectivity index (χ0n) is 13.5. The minimum atomic E-state index is 0.739. The second kappa shape index (κ2) is 9.73. The Morgan fingerprint density at radius 2 is 2.05 bits per heavy atom. The van der Waals surface area contributed by atoms with Crippen LogP contribution in [0.15, 0.2) is 0 Å². The van der Waals surface area contributed by atoms with Gasteiger partial charge in [-0.05, 0) is 56.7 Å². The SMILES string of the molecule is COCCN(CCC(C)C1CCCNC1)CC(C)C. The van der Waals surface area contributed by atoms with E-state index in [1.807, 2.05) is 0 Å². The van der Waals surface area contributed by atoms with E-state index in [4.69, 9.17) is 4.74 Å². The van der Waals surface area contributed by atoms with E-state index in [9.17, 15) is 0 Å². The lowest BCUT2D eigenvalue weighted by Gasteiger charge is -2.31. The van der Waals surface area contributed by atoms with Crippen LogP contribution >= 0.6 is 0 Å². The molecule has 1 N–H and O–H groups in total. The Bertz CT molecular complexity index is 215. The number of hydrogen-bond donors (Lipinski definition) is 1. The molecule has 0 aliphatic carbocycles. The Labute approximate surface area is 120 Å². The molecule has 1 saturated heterocycles. The summed E-state index contributed by atoms with van der Waals surface area (Å²) in [5.41, 5.74) is 0. The van der Waals surface area contributed by atoms with Gasteiger partial charge in [0.05, 0.1) is 6.61 Å². The number of nitrogens with zero attached hydrogens (tertiary/aromatic N) is 1. The van der Waals surface area contributed by atoms with Crippen molar-refractivity contribution in [2.24, 2.45) is 17.8 Å². The zero-order chi connectivity index (χ0) is 14.1. The van der Waals surface area contributed by atoms with Crippen molar-refractivity contribution in [3.8, 4) is 0 Å². The van der Waals surface area contributed by atoms with Gasteiger partial charge in [-0.1, -0.05) is 20.8 Å². The van der Waals surface area contributed by atoms with Gasteiger partial charge in [0, 0.05) is 20.2 Å². The van der Waals surface area contributed by atoms with Gasteiger partial charge in [0.2, 0.25) is 0 Å². The minimum absolute atomic E-state index is 0.739. The predicted octanol–water partition coefficient (Wildman–Crippen LogP) is 2.62. The molecular weight excluding hydrogens is 236 g/mol. The molecule has 1 fully saturated rings. The highest BCUT2D eigenvalue weighted by Gasteiger charge is 2.20. The van der Waals surface area contributed by atoms with Crippen molar-refractivity contribution in [2.45, 2.75) is 40.0 Å². The molecule has 1 rings (SSSR count). The summed E-state index contributed by atoms with van der Waals surface area (Å²) in [5.74, 6) is 2.46. The molecule has 3 nitrogen and oxygen atoms in total. The van der Waals surface area contributed by atoms with Crippen LogP contribution in [-0.2, 0) is 4.74 Å². The first-order valence-electron chi connectivity index (χ1n) is 8.05. The second-order valence-electron chi connectivity index (χ2n) is 6.56. The Hall–Kier alpha value is -0.120. The molecule has 1 aliphatic rings. The Morgan fingerprint density at radius 1 is 1.26 bits per heavy atom. The third kappa shape index (κ3) is 7.28. The zero-order valence-corrected chi connectivity index (χ0v) is 13.5. The number of piperidine rings is 1. The first-order chi connectivity index (χ1) is 9.13.